The van der Waals surface area contributed by atoms with Crippen LogP contribution in [0.3, 0.4) is 0 Å². The first kappa shape index (κ1) is 17.0. The van der Waals surface area contributed by atoms with Gasteiger partial charge in [0.05, 0.1) is 12.5 Å². The molecule has 0 bridgehead atoms. The van der Waals surface area contributed by atoms with Crippen LogP contribution in [-0.2, 0) is 14.4 Å². The number of aliphatic carboxylic acids is 1. The molecule has 0 saturated heterocycles. The molecule has 0 radical (unpaired) electrons. The second-order valence-corrected chi connectivity index (χ2v) is 5.58. The molecule has 1 aliphatic rings. The van der Waals surface area contributed by atoms with Crippen molar-refractivity contribution < 1.29 is 19.5 Å². The summed E-state index contributed by atoms with van der Waals surface area (Å²) in [6, 6.07) is 5.87. The summed E-state index contributed by atoms with van der Waals surface area (Å²) in [7, 11) is 1.47. The first-order chi connectivity index (χ1) is 10.9. The number of hydrogen-bond acceptors (Lipinski definition) is 4. The number of benzene rings is 1. The number of carboxylic acids is 1. The highest BCUT2D eigenvalue weighted by Gasteiger charge is 2.25. The molecule has 1 aromatic carbocycles. The quantitative estimate of drug-likeness (QED) is 0.852. The second-order valence-electron chi connectivity index (χ2n) is 5.14. The zero-order valence-corrected chi connectivity index (χ0v) is 13.2. The number of nitrogens with one attached hydrogen (secondary N) is 1. The lowest BCUT2D eigenvalue weighted by Gasteiger charge is -2.22. The normalized spacial score (nSPS) is 15.8. The third-order valence-corrected chi connectivity index (χ3v) is 3.68. The van der Waals surface area contributed by atoms with Crippen LogP contribution >= 0.6 is 11.6 Å². The van der Waals surface area contributed by atoms with Crippen molar-refractivity contribution in [1.29, 1.82) is 0 Å². The van der Waals surface area contributed by atoms with E-state index >= 15 is 0 Å². The number of amides is 2. The number of rotatable bonds is 5. The van der Waals surface area contributed by atoms with E-state index in [-0.39, 0.29) is 30.9 Å². The number of carbonyl (C=O) groups is 3. The molecule has 0 unspecified atom stereocenters. The molecule has 0 saturated carbocycles. The van der Waals surface area contributed by atoms with Gasteiger partial charge in [-0.05, 0) is 17.7 Å². The summed E-state index contributed by atoms with van der Waals surface area (Å²) in [4.78, 5) is 34.7. The monoisotopic (exact) mass is 337 g/mol. The molecule has 0 fully saturated rings. The third-order valence-electron chi connectivity index (χ3n) is 3.43. The Hall–Kier alpha value is -2.41. The molecule has 0 spiro atoms. The van der Waals surface area contributed by atoms with Crippen LogP contribution in [0.15, 0.2) is 29.4 Å². The molecular weight excluding hydrogens is 322 g/mol. The Morgan fingerprint density at radius 1 is 1.35 bits per heavy atom. The van der Waals surface area contributed by atoms with Gasteiger partial charge in [0.1, 0.15) is 5.71 Å². The molecule has 0 aromatic heterocycles. The molecule has 7 nitrogen and oxygen atoms in total. The van der Waals surface area contributed by atoms with Crippen LogP contribution in [0.1, 0.15) is 30.9 Å². The summed E-state index contributed by atoms with van der Waals surface area (Å²) in [6.45, 7) is 0. The van der Waals surface area contributed by atoms with Crippen LogP contribution in [0.2, 0.25) is 5.02 Å². The average molecular weight is 338 g/mol. The summed E-state index contributed by atoms with van der Waals surface area (Å²) in [6.07, 6.45) is 0.165. The number of carbonyl (C=O) groups excluding carboxylic acids is 2. The van der Waals surface area contributed by atoms with Crippen LogP contribution in [0.25, 0.3) is 0 Å². The number of hydrogen-bond donors (Lipinski definition) is 2. The highest BCUT2D eigenvalue weighted by Crippen LogP contribution is 2.20. The van der Waals surface area contributed by atoms with E-state index in [0.29, 0.717) is 10.6 Å². The van der Waals surface area contributed by atoms with Crippen molar-refractivity contribution in [2.45, 2.75) is 25.3 Å². The Kier molecular flexibility index (Phi) is 5.33. The van der Waals surface area contributed by atoms with Crippen molar-refractivity contribution in [3.63, 3.8) is 0 Å². The van der Waals surface area contributed by atoms with Crippen molar-refractivity contribution in [2.24, 2.45) is 5.10 Å². The maximum Gasteiger partial charge on any atom is 0.305 e. The Balaban J connectivity index is 2.16. The molecule has 2 amide bonds. The summed E-state index contributed by atoms with van der Waals surface area (Å²) in [5.41, 5.74) is 0.836. The van der Waals surface area contributed by atoms with Crippen LogP contribution in [0.4, 0.5) is 0 Å². The number of nitrogens with zero attached hydrogens (tertiary/aromatic N) is 2. The third kappa shape index (κ3) is 4.53. The van der Waals surface area contributed by atoms with E-state index in [2.05, 4.69) is 10.4 Å². The summed E-state index contributed by atoms with van der Waals surface area (Å²) >= 11 is 5.82. The molecular formula is C15H16ClN3O4. The van der Waals surface area contributed by atoms with Crippen molar-refractivity contribution in [3.8, 4) is 0 Å². The van der Waals surface area contributed by atoms with E-state index in [0.717, 1.165) is 5.01 Å². The minimum Gasteiger partial charge on any atom is -0.481 e. The van der Waals surface area contributed by atoms with Gasteiger partial charge >= 0.3 is 5.97 Å². The predicted octanol–water partition coefficient (Wildman–Crippen LogP) is 1.58. The van der Waals surface area contributed by atoms with Crippen LogP contribution in [0.5, 0.6) is 0 Å². The standard InChI is InChI=1S/C15H16ClN3O4/c1-19-13(20)7-6-11(18-19)15(23)17-12(8-14(21)22)9-2-4-10(16)5-3-9/h2-5,12H,6-8H2,1H3,(H,17,23)(H,21,22)/t12-/m0/s1. The maximum atomic E-state index is 12.3. The summed E-state index contributed by atoms with van der Waals surface area (Å²) in [5.74, 6) is -1.69. The van der Waals surface area contributed by atoms with Gasteiger partial charge in [-0.1, -0.05) is 23.7 Å². The van der Waals surface area contributed by atoms with Gasteiger partial charge in [-0.2, -0.15) is 5.10 Å². The Morgan fingerprint density at radius 3 is 2.57 bits per heavy atom. The summed E-state index contributed by atoms with van der Waals surface area (Å²) in [5, 5.41) is 17.3. The first-order valence-electron chi connectivity index (χ1n) is 6.99. The fourth-order valence-corrected chi connectivity index (χ4v) is 2.32. The van der Waals surface area contributed by atoms with Gasteiger partial charge < -0.3 is 10.4 Å². The van der Waals surface area contributed by atoms with Crippen LogP contribution in [-0.4, -0.2) is 40.7 Å². The molecule has 1 heterocycles. The molecule has 23 heavy (non-hydrogen) atoms. The molecule has 2 rings (SSSR count). The SMILES string of the molecule is CN1N=C(C(=O)N[C@@H](CC(=O)O)c2ccc(Cl)cc2)CCC1=O. The summed E-state index contributed by atoms with van der Waals surface area (Å²) < 4.78 is 0. The van der Waals surface area contributed by atoms with Gasteiger partial charge in [-0.25, -0.2) is 5.01 Å². The van der Waals surface area contributed by atoms with Crippen molar-refractivity contribution in [3.05, 3.63) is 34.9 Å². The largest absolute Gasteiger partial charge is 0.481 e. The lowest BCUT2D eigenvalue weighted by Crippen LogP contribution is -2.39. The molecule has 0 aliphatic carbocycles. The lowest BCUT2D eigenvalue weighted by molar-refractivity contribution is -0.137. The number of halogens is 1. The Labute approximate surface area is 137 Å². The minimum atomic E-state index is -1.04. The van der Waals surface area contributed by atoms with Crippen molar-refractivity contribution >= 4 is 35.1 Å². The molecule has 2 N–H and O–H groups in total. The van der Waals surface area contributed by atoms with Gasteiger partial charge in [-0.15, -0.1) is 0 Å². The fourth-order valence-electron chi connectivity index (χ4n) is 2.20. The van der Waals surface area contributed by atoms with Gasteiger partial charge in [-0.3, -0.25) is 14.4 Å². The molecule has 1 aliphatic heterocycles. The smallest absolute Gasteiger partial charge is 0.305 e. The van der Waals surface area contributed by atoms with Crippen LogP contribution < -0.4 is 5.32 Å². The molecule has 1 atom stereocenters. The van der Waals surface area contributed by atoms with E-state index in [1.807, 2.05) is 0 Å². The number of carboxylic acid groups (broad SMARTS) is 1. The highest BCUT2D eigenvalue weighted by molar-refractivity contribution is 6.39. The molecule has 122 valence electrons. The van der Waals surface area contributed by atoms with E-state index in [9.17, 15) is 14.4 Å². The van der Waals surface area contributed by atoms with Gasteiger partial charge in [0.25, 0.3) is 5.91 Å². The zero-order chi connectivity index (χ0) is 17.0. The average Bonchev–Trinajstić information content (AvgIpc) is 2.49. The number of hydrazone groups is 1. The molecule has 1 aromatic rings. The fraction of sp³-hybridized carbons (Fsp3) is 0.333. The Bertz CT molecular complexity index is 657. The maximum absolute atomic E-state index is 12.3. The first-order valence-corrected chi connectivity index (χ1v) is 7.36. The highest BCUT2D eigenvalue weighted by atomic mass is 35.5. The zero-order valence-electron chi connectivity index (χ0n) is 12.5. The van der Waals surface area contributed by atoms with E-state index < -0.39 is 17.9 Å². The minimum absolute atomic E-state index is 0.165. The second kappa shape index (κ2) is 7.23. The van der Waals surface area contributed by atoms with E-state index in [1.165, 1.54) is 7.05 Å². The van der Waals surface area contributed by atoms with E-state index in [1.54, 1.807) is 24.3 Å². The Morgan fingerprint density at radius 2 is 2.00 bits per heavy atom. The van der Waals surface area contributed by atoms with Gasteiger partial charge in [0.15, 0.2) is 0 Å². The predicted molar refractivity (Wildman–Crippen MR) is 84.0 cm³/mol. The van der Waals surface area contributed by atoms with Gasteiger partial charge in [0.2, 0.25) is 5.91 Å². The van der Waals surface area contributed by atoms with Crippen molar-refractivity contribution in [2.75, 3.05) is 7.05 Å². The molecule has 8 heteroatoms. The topological polar surface area (TPSA) is 99.1 Å². The lowest BCUT2D eigenvalue weighted by atomic mass is 10.0. The van der Waals surface area contributed by atoms with Crippen molar-refractivity contribution in [1.82, 2.24) is 10.3 Å². The van der Waals surface area contributed by atoms with Crippen LogP contribution in [0, 0.1) is 0 Å². The van der Waals surface area contributed by atoms with Gasteiger partial charge in [0, 0.05) is 24.9 Å². The van der Waals surface area contributed by atoms with E-state index in [4.69, 9.17) is 16.7 Å².